The fourth-order valence-electron chi connectivity index (χ4n) is 4.76. The Bertz CT molecular complexity index is 705. The number of allylic oxidation sites excluding steroid dienone is 1. The minimum Gasteiger partial charge on any atom is -0.365 e. The highest BCUT2D eigenvalue weighted by Gasteiger charge is 2.43. The molecule has 0 aromatic carbocycles. The third kappa shape index (κ3) is 6.34. The van der Waals surface area contributed by atoms with Crippen LogP contribution in [-0.4, -0.2) is 72.1 Å². The van der Waals surface area contributed by atoms with Crippen LogP contribution in [0, 0.1) is 5.92 Å². The van der Waals surface area contributed by atoms with Crippen LogP contribution in [0.15, 0.2) is 23.2 Å². The molecule has 5 aliphatic rings. The van der Waals surface area contributed by atoms with Crippen molar-refractivity contribution in [2.75, 3.05) is 45.8 Å². The molecule has 3 heterocycles. The van der Waals surface area contributed by atoms with Crippen molar-refractivity contribution in [3.63, 3.8) is 0 Å². The third-order valence-corrected chi connectivity index (χ3v) is 7.05. The second kappa shape index (κ2) is 10.7. The van der Waals surface area contributed by atoms with Gasteiger partial charge in [-0.15, -0.1) is 0 Å². The number of carbonyl (C=O) groups excluding carboxylic acids is 2. The minimum absolute atomic E-state index is 0.00546. The molecule has 3 saturated heterocycles. The first-order valence-corrected chi connectivity index (χ1v) is 12.7. The van der Waals surface area contributed by atoms with Gasteiger partial charge in [0.15, 0.2) is 0 Å². The molecule has 31 heavy (non-hydrogen) atoms. The molecule has 0 atom stereocenters. The summed E-state index contributed by atoms with van der Waals surface area (Å²) >= 11 is 0. The maximum absolute atomic E-state index is 12.4. The van der Waals surface area contributed by atoms with Gasteiger partial charge in [-0.05, 0) is 25.3 Å². The smallest absolute Gasteiger partial charge is 0.227 e. The molecule has 0 unspecified atom stereocenters. The Hall–Kier alpha value is -1.82. The Balaban J connectivity index is 0.000000153. The number of carbonyl (C=O) groups is 2. The number of ketones is 2. The van der Waals surface area contributed by atoms with E-state index in [0.717, 1.165) is 51.7 Å². The Morgan fingerprint density at radius 3 is 1.58 bits per heavy atom. The van der Waals surface area contributed by atoms with Crippen LogP contribution in [-0.2, 0) is 9.59 Å². The van der Waals surface area contributed by atoms with Crippen LogP contribution >= 0.6 is 0 Å². The molecule has 0 spiro atoms. The van der Waals surface area contributed by atoms with Gasteiger partial charge in [-0.2, -0.15) is 0 Å². The zero-order valence-corrected chi connectivity index (χ0v) is 19.1. The Morgan fingerprint density at radius 2 is 1.13 bits per heavy atom. The molecule has 0 bridgehead atoms. The van der Waals surface area contributed by atoms with Crippen molar-refractivity contribution >= 4 is 11.6 Å². The van der Waals surface area contributed by atoms with Gasteiger partial charge < -0.3 is 20.4 Å². The van der Waals surface area contributed by atoms with Crippen LogP contribution in [0.5, 0.6) is 0 Å². The molecule has 4 fully saturated rings. The molecule has 2 aliphatic carbocycles. The van der Waals surface area contributed by atoms with E-state index in [2.05, 4.69) is 0 Å². The fourth-order valence-corrected chi connectivity index (χ4v) is 4.76. The molecule has 0 aromatic rings. The number of Topliss-reactive ketones (excluding diaryl/α,β-unsaturated/α-hetero) is 1. The number of rotatable bonds is 4. The predicted octanol–water partition coefficient (Wildman–Crippen LogP) is 3.05. The highest BCUT2D eigenvalue weighted by Crippen LogP contribution is 2.34. The van der Waals surface area contributed by atoms with E-state index in [1.807, 2.05) is 14.7 Å². The summed E-state index contributed by atoms with van der Waals surface area (Å²) in [6.45, 7) is 6.32. The molecule has 0 radical (unpaired) electrons. The summed E-state index contributed by atoms with van der Waals surface area (Å²) in [4.78, 5) is 30.5. The van der Waals surface area contributed by atoms with Gasteiger partial charge in [-0.1, -0.05) is 57.8 Å². The van der Waals surface area contributed by atoms with Crippen molar-refractivity contribution < 1.29 is 9.59 Å². The maximum Gasteiger partial charge on any atom is 0.227 e. The van der Waals surface area contributed by atoms with Crippen LogP contribution in [0.25, 0.3) is 0 Å². The van der Waals surface area contributed by atoms with Gasteiger partial charge in [-0.25, -0.2) is 0 Å². The van der Waals surface area contributed by atoms with E-state index in [1.54, 1.807) is 0 Å². The second-order valence-corrected chi connectivity index (χ2v) is 9.74. The van der Waals surface area contributed by atoms with Crippen LogP contribution in [0.1, 0.15) is 70.6 Å². The number of nitrogens with zero attached hydrogens (tertiary/aromatic N) is 3. The van der Waals surface area contributed by atoms with Gasteiger partial charge >= 0.3 is 0 Å². The summed E-state index contributed by atoms with van der Waals surface area (Å²) < 4.78 is 0. The molecule has 2 N–H and O–H groups in total. The van der Waals surface area contributed by atoms with Crippen molar-refractivity contribution in [2.45, 2.75) is 70.6 Å². The topological polar surface area (TPSA) is 69.2 Å². The van der Waals surface area contributed by atoms with Gasteiger partial charge in [0.2, 0.25) is 11.6 Å². The van der Waals surface area contributed by atoms with E-state index in [-0.39, 0.29) is 11.6 Å². The number of nitrogens with two attached hydrogens (primary N) is 1. The van der Waals surface area contributed by atoms with E-state index < -0.39 is 0 Å². The lowest BCUT2D eigenvalue weighted by atomic mass is 9.93. The summed E-state index contributed by atoms with van der Waals surface area (Å²) in [5.41, 5.74) is 7.67. The molecule has 172 valence electrons. The molecule has 1 saturated carbocycles. The van der Waals surface area contributed by atoms with E-state index in [1.165, 1.54) is 76.7 Å². The molecule has 6 heteroatoms. The lowest BCUT2D eigenvalue weighted by Crippen LogP contribution is -2.29. The summed E-state index contributed by atoms with van der Waals surface area (Å²) in [5.74, 6) is 0.877. The normalized spacial score (nSPS) is 25.3. The molecule has 5 rings (SSSR count). The summed E-state index contributed by atoms with van der Waals surface area (Å²) in [7, 11) is 0. The summed E-state index contributed by atoms with van der Waals surface area (Å²) in [5, 5.41) is 0. The van der Waals surface area contributed by atoms with Crippen LogP contribution in [0.4, 0.5) is 0 Å². The van der Waals surface area contributed by atoms with Crippen molar-refractivity contribution in [3.05, 3.63) is 23.2 Å². The highest BCUT2D eigenvalue weighted by molar-refractivity contribution is 6.22. The highest BCUT2D eigenvalue weighted by atomic mass is 16.1. The van der Waals surface area contributed by atoms with Gasteiger partial charge in [0.05, 0.1) is 5.70 Å². The standard InChI is InChI=1S/C13H27N.C12H13N3O2/c14-12-13-10-8-6-4-2-1-3-5-7-9-11-13;16-9-7-8(13-1-2-13)12(17)11(15-5-6-15)10(9)14-3-4-14/h13H,1-12,14H2;7H,1-6H2. The van der Waals surface area contributed by atoms with Crippen LogP contribution < -0.4 is 5.73 Å². The molecular formula is C25H40N4O2. The molecule has 0 amide bonds. The zero-order valence-electron chi connectivity index (χ0n) is 19.1. The van der Waals surface area contributed by atoms with Crippen LogP contribution in [0.2, 0.25) is 0 Å². The van der Waals surface area contributed by atoms with E-state index >= 15 is 0 Å². The lowest BCUT2D eigenvalue weighted by Gasteiger charge is -2.21. The average Bonchev–Trinajstić information content (AvgIpc) is 3.62. The largest absolute Gasteiger partial charge is 0.365 e. The quantitative estimate of drug-likeness (QED) is 0.548. The zero-order chi connectivity index (χ0) is 21.6. The van der Waals surface area contributed by atoms with Crippen molar-refractivity contribution in [1.82, 2.24) is 14.7 Å². The number of hydrogen-bond donors (Lipinski definition) is 1. The molecule has 6 nitrogen and oxygen atoms in total. The number of hydrogen-bond acceptors (Lipinski definition) is 6. The monoisotopic (exact) mass is 428 g/mol. The lowest BCUT2D eigenvalue weighted by molar-refractivity contribution is -0.117. The van der Waals surface area contributed by atoms with Gasteiger partial charge in [0.1, 0.15) is 11.4 Å². The first kappa shape index (κ1) is 22.4. The van der Waals surface area contributed by atoms with E-state index in [9.17, 15) is 9.59 Å². The molecule has 0 aromatic heterocycles. The van der Waals surface area contributed by atoms with Gasteiger partial charge in [0.25, 0.3) is 0 Å². The second-order valence-electron chi connectivity index (χ2n) is 9.74. The maximum atomic E-state index is 12.4. The van der Waals surface area contributed by atoms with Crippen molar-refractivity contribution in [1.29, 1.82) is 0 Å². The summed E-state index contributed by atoms with van der Waals surface area (Å²) in [6, 6.07) is 0. The van der Waals surface area contributed by atoms with E-state index in [4.69, 9.17) is 5.73 Å². The van der Waals surface area contributed by atoms with Crippen molar-refractivity contribution in [3.8, 4) is 0 Å². The van der Waals surface area contributed by atoms with Crippen LogP contribution in [0.3, 0.4) is 0 Å². The Morgan fingerprint density at radius 1 is 0.677 bits per heavy atom. The molecular weight excluding hydrogens is 388 g/mol. The van der Waals surface area contributed by atoms with E-state index in [0.29, 0.717) is 17.1 Å². The third-order valence-electron chi connectivity index (χ3n) is 7.05. The summed E-state index contributed by atoms with van der Waals surface area (Å²) in [6.07, 6.45) is 17.3. The predicted molar refractivity (Wildman–Crippen MR) is 123 cm³/mol. The average molecular weight is 429 g/mol. The van der Waals surface area contributed by atoms with Gasteiger partial charge in [-0.3, -0.25) is 9.59 Å². The van der Waals surface area contributed by atoms with Gasteiger partial charge in [0, 0.05) is 45.3 Å². The van der Waals surface area contributed by atoms with Crippen molar-refractivity contribution in [2.24, 2.45) is 11.7 Å². The SMILES string of the molecule is NCC1CCCCCCCCCCC1.O=C1C=C(N2CC2)C(=O)C(N2CC2)=C1N1CC1. The molecule has 3 aliphatic heterocycles. The first-order chi connectivity index (χ1) is 15.2. The Labute approximate surface area is 187 Å². The minimum atomic E-state index is 0.00546. The fraction of sp³-hybridized carbons (Fsp3) is 0.760. The Kier molecular flexibility index (Phi) is 7.70. The first-order valence-electron chi connectivity index (χ1n) is 12.7.